The highest BCUT2D eigenvalue weighted by Gasteiger charge is 2.17. The third-order valence-corrected chi connectivity index (χ3v) is 3.88. The molecule has 0 aliphatic heterocycles. The average molecular weight is 276 g/mol. The number of nitrogen functional groups attached to an aromatic ring is 1. The molecule has 0 spiro atoms. The smallest absolute Gasteiger partial charge is 0.255 e. The summed E-state index contributed by atoms with van der Waals surface area (Å²) in [5, 5.41) is 3.12. The second kappa shape index (κ2) is 7.24. The lowest BCUT2D eigenvalue weighted by Gasteiger charge is -2.21. The van der Waals surface area contributed by atoms with Gasteiger partial charge in [-0.3, -0.25) is 15.6 Å². The Morgan fingerprint density at radius 2 is 1.90 bits per heavy atom. The molecule has 1 aromatic heterocycles. The molecule has 110 valence electrons. The molecular weight excluding hydrogens is 252 g/mol. The number of carbonyl (C=O) groups is 1. The summed E-state index contributed by atoms with van der Waals surface area (Å²) in [6.07, 6.45) is 9.97. The summed E-state index contributed by atoms with van der Waals surface area (Å²) in [7, 11) is 0. The number of hydrazine groups is 1. The van der Waals surface area contributed by atoms with Crippen molar-refractivity contribution in [2.45, 2.75) is 57.9 Å². The first-order valence-corrected chi connectivity index (χ1v) is 7.45. The van der Waals surface area contributed by atoms with E-state index in [0.29, 0.717) is 11.3 Å². The van der Waals surface area contributed by atoms with Gasteiger partial charge in [0.25, 0.3) is 5.91 Å². The van der Waals surface area contributed by atoms with Gasteiger partial charge in [0.15, 0.2) is 0 Å². The van der Waals surface area contributed by atoms with Crippen molar-refractivity contribution in [2.24, 2.45) is 5.84 Å². The SMILES string of the molecule is Cc1cc(NN)c(C(=O)NC2CCCCCCC2)cn1. The highest BCUT2D eigenvalue weighted by molar-refractivity contribution is 5.99. The van der Waals surface area contributed by atoms with E-state index in [-0.39, 0.29) is 11.9 Å². The second-order valence-corrected chi connectivity index (χ2v) is 5.53. The number of aromatic nitrogens is 1. The molecule has 5 nitrogen and oxygen atoms in total. The van der Waals surface area contributed by atoms with Crippen LogP contribution in [-0.4, -0.2) is 16.9 Å². The second-order valence-electron chi connectivity index (χ2n) is 5.53. The van der Waals surface area contributed by atoms with Gasteiger partial charge in [-0.2, -0.15) is 0 Å². The van der Waals surface area contributed by atoms with E-state index in [1.165, 1.54) is 32.1 Å². The zero-order chi connectivity index (χ0) is 14.4. The summed E-state index contributed by atoms with van der Waals surface area (Å²) in [5.41, 5.74) is 4.55. The van der Waals surface area contributed by atoms with E-state index in [1.807, 2.05) is 6.92 Å². The van der Waals surface area contributed by atoms with Crippen molar-refractivity contribution in [2.75, 3.05) is 5.43 Å². The van der Waals surface area contributed by atoms with Crippen molar-refractivity contribution in [3.8, 4) is 0 Å². The van der Waals surface area contributed by atoms with Crippen molar-refractivity contribution in [1.82, 2.24) is 10.3 Å². The highest BCUT2D eigenvalue weighted by atomic mass is 16.1. The maximum Gasteiger partial charge on any atom is 0.255 e. The van der Waals surface area contributed by atoms with Crippen molar-refractivity contribution in [3.63, 3.8) is 0 Å². The summed E-state index contributed by atoms with van der Waals surface area (Å²) < 4.78 is 0. The number of hydrogen-bond donors (Lipinski definition) is 3. The molecule has 1 heterocycles. The van der Waals surface area contributed by atoms with Gasteiger partial charge in [-0.25, -0.2) is 0 Å². The molecule has 5 heteroatoms. The molecule has 4 N–H and O–H groups in total. The van der Waals surface area contributed by atoms with Gasteiger partial charge in [-0.15, -0.1) is 0 Å². The molecule has 1 fully saturated rings. The highest BCUT2D eigenvalue weighted by Crippen LogP contribution is 2.19. The molecule has 0 atom stereocenters. The Kier molecular flexibility index (Phi) is 5.35. The predicted octanol–water partition coefficient (Wildman–Crippen LogP) is 2.52. The predicted molar refractivity (Wildman–Crippen MR) is 80.4 cm³/mol. The van der Waals surface area contributed by atoms with Crippen molar-refractivity contribution in [1.29, 1.82) is 0 Å². The number of pyridine rings is 1. The molecule has 2 rings (SSSR count). The normalized spacial score (nSPS) is 17.1. The van der Waals surface area contributed by atoms with Crippen LogP contribution in [0.2, 0.25) is 0 Å². The molecule has 0 radical (unpaired) electrons. The zero-order valence-electron chi connectivity index (χ0n) is 12.1. The van der Waals surface area contributed by atoms with E-state index >= 15 is 0 Å². The monoisotopic (exact) mass is 276 g/mol. The molecule has 1 aliphatic rings. The van der Waals surface area contributed by atoms with E-state index < -0.39 is 0 Å². The molecule has 0 saturated heterocycles. The summed E-state index contributed by atoms with van der Waals surface area (Å²) in [4.78, 5) is 16.5. The van der Waals surface area contributed by atoms with E-state index in [2.05, 4.69) is 15.7 Å². The first kappa shape index (κ1) is 14.8. The number of hydrogen-bond acceptors (Lipinski definition) is 4. The molecule has 1 saturated carbocycles. The first-order valence-electron chi connectivity index (χ1n) is 7.45. The van der Waals surface area contributed by atoms with Gasteiger partial charge in [0.1, 0.15) is 0 Å². The third kappa shape index (κ3) is 3.93. The fraction of sp³-hybridized carbons (Fsp3) is 0.600. The lowest BCUT2D eigenvalue weighted by Crippen LogP contribution is -2.36. The van der Waals surface area contributed by atoms with E-state index in [0.717, 1.165) is 18.5 Å². The number of nitrogens with zero attached hydrogens (tertiary/aromatic N) is 1. The van der Waals surface area contributed by atoms with Crippen LogP contribution in [0.5, 0.6) is 0 Å². The van der Waals surface area contributed by atoms with Gasteiger partial charge >= 0.3 is 0 Å². The fourth-order valence-electron chi connectivity index (χ4n) is 2.72. The number of carbonyl (C=O) groups excluding carboxylic acids is 1. The number of anilines is 1. The van der Waals surface area contributed by atoms with Gasteiger partial charge < -0.3 is 10.7 Å². The minimum Gasteiger partial charge on any atom is -0.349 e. The van der Waals surface area contributed by atoms with Gasteiger partial charge in [0.2, 0.25) is 0 Å². The van der Waals surface area contributed by atoms with Crippen LogP contribution in [0.3, 0.4) is 0 Å². The number of nitrogens with one attached hydrogen (secondary N) is 2. The Balaban J connectivity index is 2.03. The summed E-state index contributed by atoms with van der Waals surface area (Å²) in [6, 6.07) is 2.06. The molecule has 0 aromatic carbocycles. The van der Waals surface area contributed by atoms with Crippen LogP contribution in [0.25, 0.3) is 0 Å². The number of nitrogens with two attached hydrogens (primary N) is 1. The molecule has 20 heavy (non-hydrogen) atoms. The van der Waals surface area contributed by atoms with Gasteiger partial charge in [0, 0.05) is 17.9 Å². The van der Waals surface area contributed by atoms with Crippen LogP contribution < -0.4 is 16.6 Å². The fourth-order valence-corrected chi connectivity index (χ4v) is 2.72. The van der Waals surface area contributed by atoms with Crippen LogP contribution in [0, 0.1) is 6.92 Å². The minimum atomic E-state index is -0.0870. The average Bonchev–Trinajstić information content (AvgIpc) is 2.41. The molecule has 1 aromatic rings. The number of rotatable bonds is 3. The Morgan fingerprint density at radius 1 is 1.25 bits per heavy atom. The molecular formula is C15H24N4O. The summed E-state index contributed by atoms with van der Waals surface area (Å²) >= 11 is 0. The maximum atomic E-state index is 12.4. The zero-order valence-corrected chi connectivity index (χ0v) is 12.1. The lowest BCUT2D eigenvalue weighted by atomic mass is 9.96. The summed E-state index contributed by atoms with van der Waals surface area (Å²) in [5.74, 6) is 5.39. The maximum absolute atomic E-state index is 12.4. The largest absolute Gasteiger partial charge is 0.349 e. The number of amides is 1. The van der Waals surface area contributed by atoms with Crippen molar-refractivity contribution >= 4 is 11.6 Å². The van der Waals surface area contributed by atoms with Crippen molar-refractivity contribution < 1.29 is 4.79 Å². The van der Waals surface area contributed by atoms with E-state index in [4.69, 9.17) is 5.84 Å². The van der Waals surface area contributed by atoms with Gasteiger partial charge in [-0.1, -0.05) is 32.1 Å². The Morgan fingerprint density at radius 3 is 2.55 bits per heavy atom. The van der Waals surface area contributed by atoms with Crippen LogP contribution in [0.4, 0.5) is 5.69 Å². The van der Waals surface area contributed by atoms with Gasteiger partial charge in [-0.05, 0) is 25.8 Å². The Bertz CT molecular complexity index is 453. The number of aryl methyl sites for hydroxylation is 1. The van der Waals surface area contributed by atoms with Gasteiger partial charge in [0.05, 0.1) is 11.3 Å². The molecule has 1 amide bonds. The van der Waals surface area contributed by atoms with Crippen LogP contribution in [0.15, 0.2) is 12.3 Å². The van der Waals surface area contributed by atoms with E-state index in [1.54, 1.807) is 12.3 Å². The van der Waals surface area contributed by atoms with E-state index in [9.17, 15) is 4.79 Å². The van der Waals surface area contributed by atoms with Crippen LogP contribution in [0.1, 0.15) is 61.0 Å². The van der Waals surface area contributed by atoms with Crippen LogP contribution in [-0.2, 0) is 0 Å². The molecule has 0 unspecified atom stereocenters. The molecule has 1 aliphatic carbocycles. The lowest BCUT2D eigenvalue weighted by molar-refractivity contribution is 0.0931. The standard InChI is InChI=1S/C15H24N4O/c1-11-9-14(19-16)13(10-17-11)15(20)18-12-7-5-3-2-4-6-8-12/h9-10,12H,2-8,16H2,1H3,(H,17,19)(H,18,20). The summed E-state index contributed by atoms with van der Waals surface area (Å²) in [6.45, 7) is 1.87. The quantitative estimate of drug-likeness (QED) is 0.585. The van der Waals surface area contributed by atoms with Crippen molar-refractivity contribution in [3.05, 3.63) is 23.5 Å². The molecule has 0 bridgehead atoms. The van der Waals surface area contributed by atoms with Crippen LogP contribution >= 0.6 is 0 Å². The Hall–Kier alpha value is -1.62. The Labute approximate surface area is 120 Å². The third-order valence-electron chi connectivity index (χ3n) is 3.88. The first-order chi connectivity index (χ1) is 9.70. The minimum absolute atomic E-state index is 0.0870. The topological polar surface area (TPSA) is 80.0 Å².